The Labute approximate surface area is 108 Å². The van der Waals surface area contributed by atoms with Crippen LogP contribution in [0.1, 0.15) is 18.4 Å². The molecule has 0 bridgehead atoms. The van der Waals surface area contributed by atoms with Crippen LogP contribution in [-0.4, -0.2) is 16.1 Å². The van der Waals surface area contributed by atoms with Gasteiger partial charge in [0.2, 0.25) is 0 Å². The molecule has 0 aliphatic heterocycles. The smallest absolute Gasteiger partial charge is 0.261 e. The summed E-state index contributed by atoms with van der Waals surface area (Å²) in [6.45, 7) is 0. The number of nitrogens with zero attached hydrogens (tertiary/aromatic N) is 2. The molecule has 0 radical (unpaired) electrons. The molecule has 3 rings (SSSR count). The van der Waals surface area contributed by atoms with Crippen molar-refractivity contribution in [3.63, 3.8) is 0 Å². The summed E-state index contributed by atoms with van der Waals surface area (Å²) in [7, 11) is 0. The van der Waals surface area contributed by atoms with E-state index in [9.17, 15) is 13.2 Å². The van der Waals surface area contributed by atoms with Crippen molar-refractivity contribution in [1.82, 2.24) is 9.97 Å². The molecule has 0 N–H and O–H groups in total. The summed E-state index contributed by atoms with van der Waals surface area (Å²) in [5, 5.41) is 0. The third kappa shape index (κ3) is 1.99. The topological polar surface area (TPSA) is 25.8 Å². The van der Waals surface area contributed by atoms with Crippen molar-refractivity contribution in [2.24, 2.45) is 0 Å². The number of rotatable bonds is 2. The molecule has 1 saturated carbocycles. The minimum absolute atomic E-state index is 0.182. The third-order valence-electron chi connectivity index (χ3n) is 3.59. The number of alkyl halides is 3. The lowest BCUT2D eigenvalue weighted by Crippen LogP contribution is -2.28. The van der Waals surface area contributed by atoms with Crippen LogP contribution in [0, 0.1) is 0 Å². The minimum atomic E-state index is -4.17. The molecule has 0 amide bonds. The van der Waals surface area contributed by atoms with Crippen LogP contribution in [0.4, 0.5) is 13.2 Å². The fourth-order valence-electron chi connectivity index (χ4n) is 2.27. The molecular weight excluding hydrogens is 253 g/mol. The maximum Gasteiger partial charge on any atom is 0.398 e. The Kier molecular flexibility index (Phi) is 2.59. The van der Waals surface area contributed by atoms with E-state index in [-0.39, 0.29) is 12.8 Å². The van der Waals surface area contributed by atoms with Crippen molar-refractivity contribution < 1.29 is 13.2 Å². The second-order valence-corrected chi connectivity index (χ2v) is 4.75. The van der Waals surface area contributed by atoms with Crippen LogP contribution in [0.3, 0.4) is 0 Å². The van der Waals surface area contributed by atoms with E-state index in [1.165, 1.54) is 0 Å². The first-order chi connectivity index (χ1) is 9.03. The molecule has 1 aromatic heterocycles. The molecule has 5 heteroatoms. The molecule has 0 atom stereocenters. The highest BCUT2D eigenvalue weighted by atomic mass is 19.4. The van der Waals surface area contributed by atoms with Crippen LogP contribution in [-0.2, 0) is 5.41 Å². The molecular formula is C14H11F3N2. The number of benzene rings is 1. The zero-order valence-electron chi connectivity index (χ0n) is 9.98. The van der Waals surface area contributed by atoms with E-state index in [0.29, 0.717) is 11.3 Å². The van der Waals surface area contributed by atoms with Gasteiger partial charge in [-0.25, -0.2) is 0 Å². The highest BCUT2D eigenvalue weighted by molar-refractivity contribution is 5.59. The Hall–Kier alpha value is -1.91. The van der Waals surface area contributed by atoms with E-state index < -0.39 is 11.6 Å². The van der Waals surface area contributed by atoms with Crippen LogP contribution in [0.25, 0.3) is 11.3 Å². The average molecular weight is 264 g/mol. The van der Waals surface area contributed by atoms with Gasteiger partial charge in [-0.05, 0) is 18.4 Å². The van der Waals surface area contributed by atoms with E-state index >= 15 is 0 Å². The highest BCUT2D eigenvalue weighted by Gasteiger charge is 2.64. The summed E-state index contributed by atoms with van der Waals surface area (Å²) in [5.41, 5.74) is 0.154. The Bertz CT molecular complexity index is 572. The molecule has 1 aliphatic carbocycles. The summed E-state index contributed by atoms with van der Waals surface area (Å²) in [6.07, 6.45) is 0.900. The maximum atomic E-state index is 13.0. The summed E-state index contributed by atoms with van der Waals surface area (Å²) >= 11 is 0. The molecule has 1 aliphatic rings. The lowest BCUT2D eigenvalue weighted by atomic mass is 9.94. The second kappa shape index (κ2) is 4.05. The average Bonchev–Trinajstić information content (AvgIpc) is 3.21. The van der Waals surface area contributed by atoms with Crippen LogP contribution in [0.5, 0.6) is 0 Å². The Balaban J connectivity index is 1.93. The number of hydrogen-bond acceptors (Lipinski definition) is 2. The van der Waals surface area contributed by atoms with E-state index in [4.69, 9.17) is 0 Å². The van der Waals surface area contributed by atoms with Gasteiger partial charge in [0, 0.05) is 18.0 Å². The van der Waals surface area contributed by atoms with Gasteiger partial charge in [0.1, 0.15) is 0 Å². The van der Waals surface area contributed by atoms with Gasteiger partial charge in [-0.1, -0.05) is 24.3 Å². The second-order valence-electron chi connectivity index (χ2n) is 4.75. The Morgan fingerprint density at radius 1 is 1.00 bits per heavy atom. The molecule has 2 nitrogen and oxygen atoms in total. The zero-order valence-corrected chi connectivity index (χ0v) is 9.98. The van der Waals surface area contributed by atoms with E-state index in [2.05, 4.69) is 9.97 Å². The molecule has 98 valence electrons. The van der Waals surface area contributed by atoms with Gasteiger partial charge in [0.05, 0.1) is 17.3 Å². The standard InChI is InChI=1S/C14H11F3N2/c15-14(16,17)13(5-6-13)11-3-1-10(2-4-11)12-9-18-7-8-19-12/h1-4,7-9H,5-6H2. The zero-order chi connectivity index (χ0) is 13.5. The molecule has 0 unspecified atom stereocenters. The van der Waals surface area contributed by atoms with E-state index in [1.807, 2.05) is 0 Å². The van der Waals surface area contributed by atoms with Crippen LogP contribution in [0.2, 0.25) is 0 Å². The molecule has 1 fully saturated rings. The third-order valence-corrected chi connectivity index (χ3v) is 3.59. The fraction of sp³-hybridized carbons (Fsp3) is 0.286. The van der Waals surface area contributed by atoms with Gasteiger partial charge < -0.3 is 0 Å². The van der Waals surface area contributed by atoms with Crippen molar-refractivity contribution in [3.8, 4) is 11.3 Å². The van der Waals surface area contributed by atoms with Crippen molar-refractivity contribution in [1.29, 1.82) is 0 Å². The summed E-state index contributed by atoms with van der Waals surface area (Å²) in [6, 6.07) is 6.44. The van der Waals surface area contributed by atoms with Gasteiger partial charge >= 0.3 is 6.18 Å². The van der Waals surface area contributed by atoms with Crippen molar-refractivity contribution >= 4 is 0 Å². The SMILES string of the molecule is FC(F)(F)C1(c2ccc(-c3cnccn3)cc2)CC1. The highest BCUT2D eigenvalue weighted by Crippen LogP contribution is 2.58. The quantitative estimate of drug-likeness (QED) is 0.825. The molecule has 0 saturated heterocycles. The van der Waals surface area contributed by atoms with E-state index in [0.717, 1.165) is 5.56 Å². The molecule has 0 spiro atoms. The van der Waals surface area contributed by atoms with Gasteiger partial charge in [-0.2, -0.15) is 13.2 Å². The van der Waals surface area contributed by atoms with Crippen molar-refractivity contribution in [2.45, 2.75) is 24.4 Å². The van der Waals surface area contributed by atoms with Gasteiger partial charge in [0.25, 0.3) is 0 Å². The fourth-order valence-corrected chi connectivity index (χ4v) is 2.27. The van der Waals surface area contributed by atoms with Gasteiger partial charge in [-0.3, -0.25) is 9.97 Å². The number of hydrogen-bond donors (Lipinski definition) is 0. The monoisotopic (exact) mass is 264 g/mol. The lowest BCUT2D eigenvalue weighted by Gasteiger charge is -2.19. The Morgan fingerprint density at radius 3 is 2.16 bits per heavy atom. The maximum absolute atomic E-state index is 13.0. The number of aromatic nitrogens is 2. The van der Waals surface area contributed by atoms with Gasteiger partial charge in [-0.15, -0.1) is 0 Å². The van der Waals surface area contributed by atoms with Crippen LogP contribution in [0.15, 0.2) is 42.9 Å². The molecule has 2 aromatic rings. The van der Waals surface area contributed by atoms with Crippen LogP contribution >= 0.6 is 0 Å². The number of halogens is 3. The predicted molar refractivity (Wildman–Crippen MR) is 64.4 cm³/mol. The van der Waals surface area contributed by atoms with Crippen molar-refractivity contribution in [2.75, 3.05) is 0 Å². The minimum Gasteiger partial charge on any atom is -0.261 e. The first-order valence-corrected chi connectivity index (χ1v) is 5.97. The van der Waals surface area contributed by atoms with Crippen LogP contribution < -0.4 is 0 Å². The first-order valence-electron chi connectivity index (χ1n) is 5.97. The molecule has 19 heavy (non-hydrogen) atoms. The van der Waals surface area contributed by atoms with Crippen molar-refractivity contribution in [3.05, 3.63) is 48.4 Å². The van der Waals surface area contributed by atoms with E-state index in [1.54, 1.807) is 42.9 Å². The lowest BCUT2D eigenvalue weighted by molar-refractivity contribution is -0.160. The largest absolute Gasteiger partial charge is 0.398 e. The summed E-state index contributed by atoms with van der Waals surface area (Å²) in [4.78, 5) is 8.06. The van der Waals surface area contributed by atoms with Gasteiger partial charge in [0.15, 0.2) is 0 Å². The molecule has 1 heterocycles. The predicted octanol–water partition coefficient (Wildman–Crippen LogP) is 3.74. The first kappa shape index (κ1) is 12.1. The summed E-state index contributed by atoms with van der Waals surface area (Å²) < 4.78 is 38.9. The Morgan fingerprint density at radius 2 is 1.68 bits per heavy atom. The summed E-state index contributed by atoms with van der Waals surface area (Å²) in [5.74, 6) is 0. The molecule has 1 aromatic carbocycles. The normalized spacial score (nSPS) is 17.2.